The maximum atomic E-state index is 12.2. The van der Waals surface area contributed by atoms with Crippen LogP contribution in [0.3, 0.4) is 0 Å². The normalized spacial score (nSPS) is 16.1. The predicted octanol–water partition coefficient (Wildman–Crippen LogP) is 2.15. The number of nitrogen functional groups attached to an aromatic ring is 1. The van der Waals surface area contributed by atoms with E-state index in [1.54, 1.807) is 0 Å². The molecule has 1 atom stereocenters. The number of nitrogens with two attached hydrogens (primary N) is 1. The van der Waals surface area contributed by atoms with Crippen molar-refractivity contribution >= 4 is 11.6 Å². The summed E-state index contributed by atoms with van der Waals surface area (Å²) in [5.74, 6) is 0.149. The van der Waals surface area contributed by atoms with E-state index in [2.05, 4.69) is 17.1 Å². The number of rotatable bonds is 7. The van der Waals surface area contributed by atoms with Crippen LogP contribution in [0.15, 0.2) is 24.3 Å². The molecule has 110 valence electrons. The number of benzene rings is 1. The summed E-state index contributed by atoms with van der Waals surface area (Å²) in [6.07, 6.45) is 3.30. The summed E-state index contributed by atoms with van der Waals surface area (Å²) in [7, 11) is 0. The average Bonchev–Trinajstić information content (AvgIpc) is 3.23. The van der Waals surface area contributed by atoms with Crippen LogP contribution in [-0.4, -0.2) is 29.4 Å². The lowest BCUT2D eigenvalue weighted by atomic mass is 10.1. The zero-order chi connectivity index (χ0) is 14.5. The molecule has 2 rings (SSSR count). The third-order valence-corrected chi connectivity index (χ3v) is 3.73. The number of carbonyl (C=O) groups is 1. The van der Waals surface area contributed by atoms with Crippen molar-refractivity contribution in [2.45, 2.75) is 51.7 Å². The Balaban J connectivity index is 1.97. The summed E-state index contributed by atoms with van der Waals surface area (Å²) < 4.78 is 0. The van der Waals surface area contributed by atoms with Gasteiger partial charge in [0.1, 0.15) is 0 Å². The highest BCUT2D eigenvalue weighted by Gasteiger charge is 2.28. The van der Waals surface area contributed by atoms with E-state index in [-0.39, 0.29) is 11.9 Å². The maximum absolute atomic E-state index is 12.2. The number of hydrogen-bond donors (Lipinski definition) is 2. The zero-order valence-corrected chi connectivity index (χ0v) is 12.4. The van der Waals surface area contributed by atoms with E-state index in [1.807, 2.05) is 31.2 Å². The van der Waals surface area contributed by atoms with E-state index in [9.17, 15) is 4.79 Å². The first-order valence-electron chi connectivity index (χ1n) is 7.49. The Bertz CT molecular complexity index is 440. The van der Waals surface area contributed by atoms with Crippen LogP contribution in [0.4, 0.5) is 5.69 Å². The van der Waals surface area contributed by atoms with Gasteiger partial charge >= 0.3 is 0 Å². The second-order valence-corrected chi connectivity index (χ2v) is 5.67. The van der Waals surface area contributed by atoms with E-state index < -0.39 is 0 Å². The molecule has 0 bridgehead atoms. The fourth-order valence-electron chi connectivity index (χ4n) is 2.27. The van der Waals surface area contributed by atoms with Gasteiger partial charge in [0.25, 0.3) is 0 Å². The van der Waals surface area contributed by atoms with Crippen LogP contribution >= 0.6 is 0 Å². The van der Waals surface area contributed by atoms with Crippen molar-refractivity contribution in [2.24, 2.45) is 0 Å². The summed E-state index contributed by atoms with van der Waals surface area (Å²) in [6, 6.07) is 8.22. The highest BCUT2D eigenvalue weighted by atomic mass is 16.2. The first-order valence-corrected chi connectivity index (χ1v) is 7.49. The molecular weight excluding hydrogens is 250 g/mol. The van der Waals surface area contributed by atoms with Gasteiger partial charge in [-0.25, -0.2) is 0 Å². The van der Waals surface area contributed by atoms with Crippen molar-refractivity contribution in [1.29, 1.82) is 0 Å². The van der Waals surface area contributed by atoms with Crippen LogP contribution < -0.4 is 11.1 Å². The van der Waals surface area contributed by atoms with Crippen molar-refractivity contribution in [3.63, 3.8) is 0 Å². The van der Waals surface area contributed by atoms with E-state index in [4.69, 9.17) is 5.73 Å². The van der Waals surface area contributed by atoms with Crippen molar-refractivity contribution in [3.8, 4) is 0 Å². The summed E-state index contributed by atoms with van der Waals surface area (Å²) in [5, 5.41) is 3.09. The van der Waals surface area contributed by atoms with Gasteiger partial charge < -0.3 is 11.1 Å². The second kappa shape index (κ2) is 6.75. The molecule has 0 heterocycles. The van der Waals surface area contributed by atoms with Crippen molar-refractivity contribution in [1.82, 2.24) is 10.2 Å². The molecular formula is C16H25N3O. The van der Waals surface area contributed by atoms with Gasteiger partial charge in [0.2, 0.25) is 5.91 Å². The molecule has 1 amide bonds. The highest BCUT2D eigenvalue weighted by Crippen LogP contribution is 2.19. The summed E-state index contributed by atoms with van der Waals surface area (Å²) in [6.45, 7) is 5.84. The van der Waals surface area contributed by atoms with Crippen LogP contribution in [0.5, 0.6) is 0 Å². The molecule has 20 heavy (non-hydrogen) atoms. The largest absolute Gasteiger partial charge is 0.399 e. The van der Waals surface area contributed by atoms with E-state index in [0.717, 1.165) is 38.0 Å². The van der Waals surface area contributed by atoms with Crippen LogP contribution in [0.2, 0.25) is 0 Å². The molecule has 1 aromatic rings. The van der Waals surface area contributed by atoms with Gasteiger partial charge in [-0.05, 0) is 50.4 Å². The quantitative estimate of drug-likeness (QED) is 0.750. The molecule has 0 spiro atoms. The number of hydrogen-bond acceptors (Lipinski definition) is 3. The van der Waals surface area contributed by atoms with Crippen LogP contribution in [0.25, 0.3) is 0 Å². The number of amides is 1. The van der Waals surface area contributed by atoms with Crippen LogP contribution in [-0.2, 0) is 11.3 Å². The smallest absolute Gasteiger partial charge is 0.237 e. The molecule has 1 saturated carbocycles. The minimum absolute atomic E-state index is 0.0897. The molecule has 0 aromatic heterocycles. The van der Waals surface area contributed by atoms with E-state index in [0.29, 0.717) is 6.04 Å². The number of nitrogens with zero attached hydrogens (tertiary/aromatic N) is 1. The Morgan fingerprint density at radius 1 is 1.40 bits per heavy atom. The molecule has 3 N–H and O–H groups in total. The van der Waals surface area contributed by atoms with Gasteiger partial charge in [-0.2, -0.15) is 0 Å². The summed E-state index contributed by atoms with van der Waals surface area (Å²) in [4.78, 5) is 14.4. The molecule has 1 fully saturated rings. The number of carbonyl (C=O) groups excluding carboxylic acids is 1. The standard InChI is InChI=1S/C16H25N3O/c1-3-10-19(11-13-4-6-14(17)7-5-13)12(2)16(20)18-15-8-9-15/h4-7,12,15H,3,8-11,17H2,1-2H3,(H,18,20). The third-order valence-electron chi connectivity index (χ3n) is 3.73. The van der Waals surface area contributed by atoms with Crippen LogP contribution in [0.1, 0.15) is 38.7 Å². The first-order chi connectivity index (χ1) is 9.60. The molecule has 1 aliphatic rings. The molecule has 1 unspecified atom stereocenters. The fraction of sp³-hybridized carbons (Fsp3) is 0.562. The first kappa shape index (κ1) is 14.9. The fourth-order valence-corrected chi connectivity index (χ4v) is 2.27. The SMILES string of the molecule is CCCN(Cc1ccc(N)cc1)C(C)C(=O)NC1CC1. The Morgan fingerprint density at radius 2 is 2.05 bits per heavy atom. The third kappa shape index (κ3) is 4.23. The topological polar surface area (TPSA) is 58.4 Å². The molecule has 4 heteroatoms. The maximum Gasteiger partial charge on any atom is 0.237 e. The van der Waals surface area contributed by atoms with Gasteiger partial charge in [-0.3, -0.25) is 9.69 Å². The minimum atomic E-state index is -0.0897. The van der Waals surface area contributed by atoms with Gasteiger partial charge in [0.15, 0.2) is 0 Å². The monoisotopic (exact) mass is 275 g/mol. The Kier molecular flexibility index (Phi) is 5.01. The number of anilines is 1. The van der Waals surface area contributed by atoms with Crippen molar-refractivity contribution in [2.75, 3.05) is 12.3 Å². The van der Waals surface area contributed by atoms with Gasteiger partial charge in [-0.1, -0.05) is 19.1 Å². The lowest BCUT2D eigenvalue weighted by Crippen LogP contribution is -2.45. The number of nitrogens with one attached hydrogen (secondary N) is 1. The lowest BCUT2D eigenvalue weighted by molar-refractivity contribution is -0.126. The summed E-state index contributed by atoms with van der Waals surface area (Å²) in [5.41, 5.74) is 7.67. The Labute approximate surface area is 121 Å². The zero-order valence-electron chi connectivity index (χ0n) is 12.4. The molecule has 1 aromatic carbocycles. The van der Waals surface area contributed by atoms with Gasteiger partial charge in [0.05, 0.1) is 6.04 Å². The lowest BCUT2D eigenvalue weighted by Gasteiger charge is -2.28. The molecule has 0 aliphatic heterocycles. The average molecular weight is 275 g/mol. The Morgan fingerprint density at radius 3 is 2.60 bits per heavy atom. The minimum Gasteiger partial charge on any atom is -0.399 e. The van der Waals surface area contributed by atoms with Gasteiger partial charge in [0, 0.05) is 18.3 Å². The second-order valence-electron chi connectivity index (χ2n) is 5.67. The molecule has 0 radical (unpaired) electrons. The van der Waals surface area contributed by atoms with E-state index in [1.165, 1.54) is 5.56 Å². The summed E-state index contributed by atoms with van der Waals surface area (Å²) >= 11 is 0. The van der Waals surface area contributed by atoms with E-state index >= 15 is 0 Å². The van der Waals surface area contributed by atoms with Crippen molar-refractivity contribution < 1.29 is 4.79 Å². The van der Waals surface area contributed by atoms with Gasteiger partial charge in [-0.15, -0.1) is 0 Å². The van der Waals surface area contributed by atoms with Crippen molar-refractivity contribution in [3.05, 3.63) is 29.8 Å². The van der Waals surface area contributed by atoms with Crippen LogP contribution in [0, 0.1) is 0 Å². The Hall–Kier alpha value is -1.55. The molecule has 4 nitrogen and oxygen atoms in total. The molecule has 1 aliphatic carbocycles. The molecule has 0 saturated heterocycles. The highest BCUT2D eigenvalue weighted by molar-refractivity contribution is 5.81. The predicted molar refractivity (Wildman–Crippen MR) is 82.2 cm³/mol.